The first-order chi connectivity index (χ1) is 12.5. The minimum atomic E-state index is -0.312. The van der Waals surface area contributed by atoms with E-state index in [2.05, 4.69) is 25.3 Å². The van der Waals surface area contributed by atoms with Crippen LogP contribution in [0, 0.1) is 5.82 Å². The summed E-state index contributed by atoms with van der Waals surface area (Å²) in [6.45, 7) is 0.610. The SMILES string of the molecule is CN(C)C(CNc1nccc(Oc2ccc(F)cc2)n1)c1cnn(C)c1. The molecule has 3 aromatic rings. The van der Waals surface area contributed by atoms with Gasteiger partial charge in [-0.2, -0.15) is 10.1 Å². The number of halogens is 1. The van der Waals surface area contributed by atoms with Gasteiger partial charge in [-0.15, -0.1) is 0 Å². The van der Waals surface area contributed by atoms with E-state index in [4.69, 9.17) is 4.74 Å². The quantitative estimate of drug-likeness (QED) is 0.702. The van der Waals surface area contributed by atoms with Crippen molar-refractivity contribution in [3.05, 3.63) is 60.3 Å². The molecule has 1 unspecified atom stereocenters. The van der Waals surface area contributed by atoms with E-state index in [-0.39, 0.29) is 11.9 Å². The number of rotatable bonds is 7. The molecular formula is C18H21FN6O. The van der Waals surface area contributed by atoms with E-state index in [1.165, 1.54) is 12.1 Å². The summed E-state index contributed by atoms with van der Waals surface area (Å²) in [5.41, 5.74) is 1.10. The lowest BCUT2D eigenvalue weighted by Gasteiger charge is -2.23. The van der Waals surface area contributed by atoms with Gasteiger partial charge in [0.2, 0.25) is 11.8 Å². The topological polar surface area (TPSA) is 68.1 Å². The monoisotopic (exact) mass is 356 g/mol. The van der Waals surface area contributed by atoms with Gasteiger partial charge in [0.1, 0.15) is 11.6 Å². The van der Waals surface area contributed by atoms with E-state index in [1.54, 1.807) is 29.1 Å². The molecule has 0 saturated heterocycles. The molecule has 1 aromatic carbocycles. The predicted molar refractivity (Wildman–Crippen MR) is 96.6 cm³/mol. The Morgan fingerprint density at radius 3 is 2.65 bits per heavy atom. The second kappa shape index (κ2) is 7.92. The van der Waals surface area contributed by atoms with E-state index in [9.17, 15) is 4.39 Å². The van der Waals surface area contributed by atoms with Gasteiger partial charge in [-0.1, -0.05) is 0 Å². The van der Waals surface area contributed by atoms with Gasteiger partial charge in [0, 0.05) is 37.6 Å². The van der Waals surface area contributed by atoms with Crippen molar-refractivity contribution in [1.82, 2.24) is 24.6 Å². The van der Waals surface area contributed by atoms with Crippen LogP contribution in [-0.4, -0.2) is 45.3 Å². The van der Waals surface area contributed by atoms with Crippen LogP contribution in [-0.2, 0) is 7.05 Å². The average Bonchev–Trinajstić information content (AvgIpc) is 3.03. The lowest BCUT2D eigenvalue weighted by molar-refractivity contribution is 0.311. The molecule has 7 nitrogen and oxygen atoms in total. The fourth-order valence-corrected chi connectivity index (χ4v) is 2.51. The third kappa shape index (κ3) is 4.54. The molecule has 2 heterocycles. The smallest absolute Gasteiger partial charge is 0.226 e. The van der Waals surface area contributed by atoms with Gasteiger partial charge in [0.25, 0.3) is 0 Å². The highest BCUT2D eigenvalue weighted by atomic mass is 19.1. The summed E-state index contributed by atoms with van der Waals surface area (Å²) in [5.74, 6) is 1.04. The maximum atomic E-state index is 13.0. The lowest BCUT2D eigenvalue weighted by Crippen LogP contribution is -2.27. The van der Waals surface area contributed by atoms with Crippen molar-refractivity contribution in [2.45, 2.75) is 6.04 Å². The standard InChI is InChI=1S/C18H21FN6O/c1-24(2)16(13-10-22-25(3)12-13)11-21-18-20-9-8-17(23-18)26-15-6-4-14(19)5-7-15/h4-10,12,16H,11H2,1-3H3,(H,20,21,23). The zero-order valence-corrected chi connectivity index (χ0v) is 14.9. The molecule has 0 amide bonds. The third-order valence-corrected chi connectivity index (χ3v) is 3.85. The van der Waals surface area contributed by atoms with Crippen LogP contribution >= 0.6 is 0 Å². The summed E-state index contributed by atoms with van der Waals surface area (Å²) in [7, 11) is 5.91. The molecule has 8 heteroatoms. The van der Waals surface area contributed by atoms with Gasteiger partial charge >= 0.3 is 0 Å². The number of likely N-dealkylation sites (N-methyl/N-ethyl adjacent to an activating group) is 1. The minimum Gasteiger partial charge on any atom is -0.439 e. The summed E-state index contributed by atoms with van der Waals surface area (Å²) in [4.78, 5) is 10.7. The molecule has 2 aromatic heterocycles. The Bertz CT molecular complexity index is 849. The van der Waals surface area contributed by atoms with Crippen LogP contribution in [0.4, 0.5) is 10.3 Å². The van der Waals surface area contributed by atoms with E-state index in [0.29, 0.717) is 24.1 Å². The Kier molecular flexibility index (Phi) is 5.43. The molecule has 3 rings (SSSR count). The molecule has 0 spiro atoms. The van der Waals surface area contributed by atoms with E-state index < -0.39 is 0 Å². The number of nitrogens with zero attached hydrogens (tertiary/aromatic N) is 5. The van der Waals surface area contributed by atoms with E-state index in [1.807, 2.05) is 33.5 Å². The van der Waals surface area contributed by atoms with Gasteiger partial charge in [-0.05, 0) is 38.4 Å². The van der Waals surface area contributed by atoms with Gasteiger partial charge < -0.3 is 15.0 Å². The molecule has 1 N–H and O–H groups in total. The summed E-state index contributed by atoms with van der Waals surface area (Å²) >= 11 is 0. The molecular weight excluding hydrogens is 335 g/mol. The van der Waals surface area contributed by atoms with E-state index in [0.717, 1.165) is 5.56 Å². The Morgan fingerprint density at radius 2 is 2.00 bits per heavy atom. The van der Waals surface area contributed by atoms with Crippen LogP contribution in [0.3, 0.4) is 0 Å². The molecule has 0 aliphatic carbocycles. The van der Waals surface area contributed by atoms with Crippen LogP contribution in [0.15, 0.2) is 48.9 Å². The highest BCUT2D eigenvalue weighted by Gasteiger charge is 2.16. The van der Waals surface area contributed by atoms with Gasteiger partial charge in [-0.25, -0.2) is 9.37 Å². The van der Waals surface area contributed by atoms with E-state index >= 15 is 0 Å². The Balaban J connectivity index is 1.66. The summed E-state index contributed by atoms with van der Waals surface area (Å²) in [6, 6.07) is 7.55. The highest BCUT2D eigenvalue weighted by molar-refractivity contribution is 5.32. The molecule has 26 heavy (non-hydrogen) atoms. The second-order valence-electron chi connectivity index (χ2n) is 6.08. The first-order valence-corrected chi connectivity index (χ1v) is 8.16. The number of anilines is 1. The Labute approximate surface area is 151 Å². The Morgan fingerprint density at radius 1 is 1.23 bits per heavy atom. The number of aromatic nitrogens is 4. The largest absolute Gasteiger partial charge is 0.439 e. The zero-order valence-electron chi connectivity index (χ0n) is 14.9. The van der Waals surface area contributed by atoms with Crippen LogP contribution in [0.5, 0.6) is 11.6 Å². The number of aryl methyl sites for hydroxylation is 1. The number of nitrogens with one attached hydrogen (secondary N) is 1. The minimum absolute atomic E-state index is 0.119. The average molecular weight is 356 g/mol. The van der Waals surface area contributed by atoms with Crippen LogP contribution in [0.2, 0.25) is 0 Å². The van der Waals surface area contributed by atoms with Crippen molar-refractivity contribution in [2.24, 2.45) is 7.05 Å². The molecule has 0 radical (unpaired) electrons. The van der Waals surface area contributed by atoms with Gasteiger partial charge in [-0.3, -0.25) is 4.68 Å². The zero-order chi connectivity index (χ0) is 18.5. The van der Waals surface area contributed by atoms with Gasteiger partial charge in [0.15, 0.2) is 0 Å². The third-order valence-electron chi connectivity index (χ3n) is 3.85. The molecule has 0 saturated carbocycles. The summed E-state index contributed by atoms with van der Waals surface area (Å²) in [5, 5.41) is 7.45. The van der Waals surface area contributed by atoms with Crippen LogP contribution < -0.4 is 10.1 Å². The maximum absolute atomic E-state index is 13.0. The molecule has 0 bridgehead atoms. The van der Waals surface area contributed by atoms with Gasteiger partial charge in [0.05, 0.1) is 12.2 Å². The first-order valence-electron chi connectivity index (χ1n) is 8.16. The number of hydrogen-bond acceptors (Lipinski definition) is 6. The summed E-state index contributed by atoms with van der Waals surface area (Å²) in [6.07, 6.45) is 5.45. The molecule has 136 valence electrons. The molecule has 1 atom stereocenters. The van der Waals surface area contributed by atoms with Crippen LogP contribution in [0.1, 0.15) is 11.6 Å². The van der Waals surface area contributed by atoms with Crippen molar-refractivity contribution in [3.8, 4) is 11.6 Å². The molecule has 0 aliphatic heterocycles. The van der Waals surface area contributed by atoms with Crippen molar-refractivity contribution >= 4 is 5.95 Å². The fraction of sp³-hybridized carbons (Fsp3) is 0.278. The second-order valence-corrected chi connectivity index (χ2v) is 6.08. The van der Waals surface area contributed by atoms with Crippen molar-refractivity contribution < 1.29 is 9.13 Å². The Hall–Kier alpha value is -3.00. The highest BCUT2D eigenvalue weighted by Crippen LogP contribution is 2.21. The number of benzene rings is 1. The molecule has 0 aliphatic rings. The number of ether oxygens (including phenoxy) is 1. The lowest BCUT2D eigenvalue weighted by atomic mass is 10.1. The summed E-state index contributed by atoms with van der Waals surface area (Å²) < 4.78 is 20.4. The predicted octanol–water partition coefficient (Wildman–Crippen LogP) is 2.86. The first kappa shape index (κ1) is 17.8. The van der Waals surface area contributed by atoms with Crippen molar-refractivity contribution in [2.75, 3.05) is 26.0 Å². The molecule has 0 fully saturated rings. The van der Waals surface area contributed by atoms with Crippen LogP contribution in [0.25, 0.3) is 0 Å². The normalized spacial score (nSPS) is 12.2. The number of hydrogen-bond donors (Lipinski definition) is 1. The fourth-order valence-electron chi connectivity index (χ4n) is 2.51. The maximum Gasteiger partial charge on any atom is 0.226 e. The van der Waals surface area contributed by atoms with Crippen molar-refractivity contribution in [1.29, 1.82) is 0 Å². The van der Waals surface area contributed by atoms with Crippen molar-refractivity contribution in [3.63, 3.8) is 0 Å².